The molecular formula is C24H21ClN6O3S. The fourth-order valence-corrected chi connectivity index (χ4v) is 4.21. The van der Waals surface area contributed by atoms with Gasteiger partial charge in [0.1, 0.15) is 5.02 Å². The number of carbonyl (C=O) groups excluding carboxylic acids is 1. The summed E-state index contributed by atoms with van der Waals surface area (Å²) in [6.45, 7) is 2.47. The second kappa shape index (κ2) is 11.0. The van der Waals surface area contributed by atoms with Gasteiger partial charge in [0.15, 0.2) is 11.0 Å². The number of para-hydroxylation sites is 1. The summed E-state index contributed by atoms with van der Waals surface area (Å²) in [5, 5.41) is 26.3. The van der Waals surface area contributed by atoms with E-state index < -0.39 is 4.92 Å². The van der Waals surface area contributed by atoms with Crippen molar-refractivity contribution in [3.05, 3.63) is 99.3 Å². The lowest BCUT2D eigenvalue weighted by molar-refractivity contribution is -0.384. The van der Waals surface area contributed by atoms with Crippen LogP contribution in [0, 0.1) is 17.0 Å². The molecule has 0 saturated heterocycles. The molecule has 0 radical (unpaired) electrons. The lowest BCUT2D eigenvalue weighted by Crippen LogP contribution is -2.15. The van der Waals surface area contributed by atoms with Crippen LogP contribution in [-0.4, -0.2) is 31.3 Å². The molecule has 11 heteroatoms. The molecule has 0 fully saturated rings. The summed E-state index contributed by atoms with van der Waals surface area (Å²) in [5.41, 5.74) is 3.03. The lowest BCUT2D eigenvalue weighted by Gasteiger charge is -2.12. The van der Waals surface area contributed by atoms with Gasteiger partial charge in [0.25, 0.3) is 5.69 Å². The fraction of sp³-hybridized carbons (Fsp3) is 0.125. The van der Waals surface area contributed by atoms with Crippen molar-refractivity contribution in [2.24, 2.45) is 0 Å². The van der Waals surface area contributed by atoms with E-state index in [1.165, 1.54) is 35.5 Å². The van der Waals surface area contributed by atoms with Crippen LogP contribution in [0.15, 0.2) is 78.0 Å². The second-order valence-corrected chi connectivity index (χ2v) is 8.90. The number of carbonyl (C=O) groups is 1. The van der Waals surface area contributed by atoms with Crippen molar-refractivity contribution in [3.8, 4) is 5.69 Å². The van der Waals surface area contributed by atoms with E-state index in [-0.39, 0.29) is 22.4 Å². The lowest BCUT2D eigenvalue weighted by atomic mass is 10.2. The summed E-state index contributed by atoms with van der Waals surface area (Å²) < 4.78 is 1.90. The molecule has 0 saturated carbocycles. The Hall–Kier alpha value is -3.89. The van der Waals surface area contributed by atoms with Crippen LogP contribution >= 0.6 is 23.4 Å². The van der Waals surface area contributed by atoms with Gasteiger partial charge in [0, 0.05) is 23.1 Å². The number of aromatic nitrogens is 3. The third-order valence-corrected chi connectivity index (χ3v) is 6.22. The molecule has 4 rings (SSSR count). The number of thioether (sulfide) groups is 1. The van der Waals surface area contributed by atoms with Gasteiger partial charge in [-0.1, -0.05) is 59.3 Å². The molecule has 9 nitrogen and oxygen atoms in total. The number of amides is 1. The first-order valence-corrected chi connectivity index (χ1v) is 11.9. The minimum absolute atomic E-state index is 0.00473. The number of benzene rings is 3. The molecule has 0 bridgehead atoms. The van der Waals surface area contributed by atoms with Crippen LogP contribution in [0.25, 0.3) is 5.69 Å². The maximum atomic E-state index is 12.5. The first-order valence-electron chi connectivity index (χ1n) is 10.6. The number of hydrogen-bond donors (Lipinski definition) is 2. The number of aryl methyl sites for hydroxylation is 1. The van der Waals surface area contributed by atoms with E-state index in [0.717, 1.165) is 11.4 Å². The van der Waals surface area contributed by atoms with E-state index in [9.17, 15) is 14.9 Å². The van der Waals surface area contributed by atoms with Gasteiger partial charge in [0.05, 0.1) is 17.2 Å². The van der Waals surface area contributed by atoms with Crippen LogP contribution in [0.3, 0.4) is 0 Å². The molecule has 0 aliphatic rings. The predicted octanol–water partition coefficient (Wildman–Crippen LogP) is 5.48. The van der Waals surface area contributed by atoms with Crippen LogP contribution in [0.2, 0.25) is 5.02 Å². The topological polar surface area (TPSA) is 115 Å². The summed E-state index contributed by atoms with van der Waals surface area (Å²) in [4.78, 5) is 23.0. The monoisotopic (exact) mass is 508 g/mol. The van der Waals surface area contributed by atoms with Gasteiger partial charge < -0.3 is 10.6 Å². The van der Waals surface area contributed by atoms with Crippen molar-refractivity contribution in [3.63, 3.8) is 0 Å². The third-order valence-electron chi connectivity index (χ3n) is 4.98. The summed E-state index contributed by atoms with van der Waals surface area (Å²) in [5.74, 6) is 0.383. The smallest absolute Gasteiger partial charge is 0.289 e. The Morgan fingerprint density at radius 3 is 2.49 bits per heavy atom. The Morgan fingerprint density at radius 2 is 1.77 bits per heavy atom. The average Bonchev–Trinajstić information content (AvgIpc) is 3.27. The minimum Gasteiger partial charge on any atom is -0.378 e. The number of halogens is 1. The molecule has 4 aromatic rings. The number of hydrogen-bond acceptors (Lipinski definition) is 7. The molecule has 2 N–H and O–H groups in total. The van der Waals surface area contributed by atoms with Crippen LogP contribution in [0.1, 0.15) is 11.4 Å². The number of nitrogens with one attached hydrogen (secondary N) is 2. The fourth-order valence-electron chi connectivity index (χ4n) is 3.25. The van der Waals surface area contributed by atoms with Gasteiger partial charge in [-0.15, -0.1) is 10.2 Å². The Labute approximate surface area is 210 Å². The number of nitro groups is 1. The van der Waals surface area contributed by atoms with Gasteiger partial charge in [-0.2, -0.15) is 0 Å². The van der Waals surface area contributed by atoms with Gasteiger partial charge >= 0.3 is 0 Å². The maximum absolute atomic E-state index is 12.5. The molecule has 178 valence electrons. The van der Waals surface area contributed by atoms with Gasteiger partial charge in [-0.05, 0) is 43.3 Å². The second-order valence-electron chi connectivity index (χ2n) is 7.55. The molecule has 0 atom stereocenters. The molecule has 0 spiro atoms. The molecule has 0 unspecified atom stereocenters. The van der Waals surface area contributed by atoms with Crippen LogP contribution in [0.4, 0.5) is 17.1 Å². The Balaban J connectivity index is 1.48. The van der Waals surface area contributed by atoms with E-state index >= 15 is 0 Å². The van der Waals surface area contributed by atoms with Gasteiger partial charge in [-0.3, -0.25) is 19.5 Å². The summed E-state index contributed by atoms with van der Waals surface area (Å²) in [7, 11) is 0. The van der Waals surface area contributed by atoms with E-state index in [0.29, 0.717) is 23.2 Å². The molecule has 1 amide bonds. The van der Waals surface area contributed by atoms with Crippen molar-refractivity contribution < 1.29 is 9.72 Å². The summed E-state index contributed by atoms with van der Waals surface area (Å²) in [6, 6.07) is 21.8. The van der Waals surface area contributed by atoms with Crippen molar-refractivity contribution in [2.45, 2.75) is 18.6 Å². The highest BCUT2D eigenvalue weighted by atomic mass is 35.5. The van der Waals surface area contributed by atoms with E-state index in [4.69, 9.17) is 11.6 Å². The van der Waals surface area contributed by atoms with Crippen molar-refractivity contribution in [1.29, 1.82) is 0 Å². The predicted molar refractivity (Wildman–Crippen MR) is 137 cm³/mol. The quantitative estimate of drug-likeness (QED) is 0.175. The molecule has 0 aliphatic carbocycles. The number of anilines is 2. The molecular weight excluding hydrogens is 488 g/mol. The standard InChI is InChI=1S/C24H21ClN6O3S/c1-16-7-9-17(10-8-16)26-14-22-28-29-24(30(22)19-5-3-2-4-6-19)35-15-23(32)27-18-11-12-20(25)21(13-18)31(33)34/h2-13,26H,14-15H2,1H3,(H,27,32). The molecule has 35 heavy (non-hydrogen) atoms. The summed E-state index contributed by atoms with van der Waals surface area (Å²) in [6.07, 6.45) is 0. The number of rotatable bonds is 9. The van der Waals surface area contributed by atoms with Crippen molar-refractivity contribution >= 4 is 46.3 Å². The number of nitrogens with zero attached hydrogens (tertiary/aromatic N) is 4. The highest BCUT2D eigenvalue weighted by Gasteiger charge is 2.17. The normalized spacial score (nSPS) is 10.7. The largest absolute Gasteiger partial charge is 0.378 e. The van der Waals surface area contributed by atoms with Crippen molar-refractivity contribution in [2.75, 3.05) is 16.4 Å². The van der Waals surface area contributed by atoms with Crippen LogP contribution < -0.4 is 10.6 Å². The molecule has 3 aromatic carbocycles. The zero-order valence-corrected chi connectivity index (χ0v) is 20.2. The Kier molecular flexibility index (Phi) is 7.64. The highest BCUT2D eigenvalue weighted by molar-refractivity contribution is 7.99. The number of nitro benzene ring substituents is 1. The van der Waals surface area contributed by atoms with Crippen LogP contribution in [0.5, 0.6) is 0 Å². The summed E-state index contributed by atoms with van der Waals surface area (Å²) >= 11 is 7.05. The average molecular weight is 509 g/mol. The highest BCUT2D eigenvalue weighted by Crippen LogP contribution is 2.28. The van der Waals surface area contributed by atoms with Gasteiger partial charge in [0.2, 0.25) is 5.91 Å². The SMILES string of the molecule is Cc1ccc(NCc2nnc(SCC(=O)Nc3ccc(Cl)c([N+](=O)[O-])c3)n2-c2ccccc2)cc1. The zero-order chi connectivity index (χ0) is 24.8. The Bertz CT molecular complexity index is 1350. The molecule has 1 heterocycles. The zero-order valence-electron chi connectivity index (χ0n) is 18.6. The maximum Gasteiger partial charge on any atom is 0.289 e. The van der Waals surface area contributed by atoms with E-state index in [1.807, 2.05) is 66.1 Å². The third kappa shape index (κ3) is 6.17. The van der Waals surface area contributed by atoms with E-state index in [2.05, 4.69) is 20.8 Å². The first kappa shape index (κ1) is 24.2. The van der Waals surface area contributed by atoms with E-state index in [1.54, 1.807) is 0 Å². The first-order chi connectivity index (χ1) is 16.9. The Morgan fingerprint density at radius 1 is 1.06 bits per heavy atom. The molecule has 0 aliphatic heterocycles. The molecule has 1 aromatic heterocycles. The van der Waals surface area contributed by atoms with Gasteiger partial charge in [-0.25, -0.2) is 0 Å². The van der Waals surface area contributed by atoms with Crippen molar-refractivity contribution in [1.82, 2.24) is 14.8 Å². The minimum atomic E-state index is -0.596. The van der Waals surface area contributed by atoms with Crippen LogP contribution in [-0.2, 0) is 11.3 Å².